The maximum atomic E-state index is 12.3. The average molecular weight is 299 g/mol. The zero-order valence-corrected chi connectivity index (χ0v) is 12.7. The number of amides is 1. The van der Waals surface area contributed by atoms with E-state index in [0.29, 0.717) is 18.1 Å². The summed E-state index contributed by atoms with van der Waals surface area (Å²) in [6.07, 6.45) is 5.65. The molecule has 22 heavy (non-hydrogen) atoms. The molecule has 1 fully saturated rings. The minimum Gasteiger partial charge on any atom is -0.350 e. The molecular formula is C16H21N5O. The molecule has 2 N–H and O–H groups in total. The summed E-state index contributed by atoms with van der Waals surface area (Å²) in [6.45, 7) is 4.93. The molecule has 3 rings (SSSR count). The SMILES string of the molecule is CC1(CNC(=O)c2cccc(-n3cccn3)n2)CCNCC1. The number of aromatic nitrogens is 3. The van der Waals surface area contributed by atoms with Crippen LogP contribution in [-0.2, 0) is 0 Å². The van der Waals surface area contributed by atoms with Gasteiger partial charge in [-0.25, -0.2) is 9.67 Å². The number of nitrogens with one attached hydrogen (secondary N) is 2. The van der Waals surface area contributed by atoms with E-state index in [1.807, 2.05) is 18.2 Å². The quantitative estimate of drug-likeness (QED) is 0.895. The smallest absolute Gasteiger partial charge is 0.269 e. The molecule has 116 valence electrons. The first-order chi connectivity index (χ1) is 10.7. The topological polar surface area (TPSA) is 71.8 Å². The van der Waals surface area contributed by atoms with Gasteiger partial charge in [-0.2, -0.15) is 5.10 Å². The standard InChI is InChI=1S/C16H21N5O/c1-16(6-9-17-10-7-16)12-18-15(22)13-4-2-5-14(20-13)21-11-3-8-19-21/h2-5,8,11,17H,6-7,9-10,12H2,1H3,(H,18,22). The monoisotopic (exact) mass is 299 g/mol. The number of hydrogen-bond donors (Lipinski definition) is 2. The van der Waals surface area contributed by atoms with Crippen LogP contribution < -0.4 is 10.6 Å². The Kier molecular flexibility index (Phi) is 4.20. The van der Waals surface area contributed by atoms with Gasteiger partial charge in [-0.3, -0.25) is 4.79 Å². The Hall–Kier alpha value is -2.21. The van der Waals surface area contributed by atoms with Crippen molar-refractivity contribution in [1.29, 1.82) is 0 Å². The lowest BCUT2D eigenvalue weighted by Gasteiger charge is -2.34. The second-order valence-electron chi connectivity index (χ2n) is 6.07. The van der Waals surface area contributed by atoms with Crippen LogP contribution in [0.3, 0.4) is 0 Å². The highest BCUT2D eigenvalue weighted by molar-refractivity contribution is 5.92. The Balaban J connectivity index is 1.66. The summed E-state index contributed by atoms with van der Waals surface area (Å²) in [4.78, 5) is 16.7. The van der Waals surface area contributed by atoms with Gasteiger partial charge in [-0.1, -0.05) is 13.0 Å². The minimum absolute atomic E-state index is 0.131. The van der Waals surface area contributed by atoms with Gasteiger partial charge in [0, 0.05) is 18.9 Å². The third-order valence-electron chi connectivity index (χ3n) is 4.19. The maximum Gasteiger partial charge on any atom is 0.269 e. The summed E-state index contributed by atoms with van der Waals surface area (Å²) in [5.41, 5.74) is 0.589. The third kappa shape index (κ3) is 3.33. The molecule has 0 unspecified atom stereocenters. The lowest BCUT2D eigenvalue weighted by molar-refractivity contribution is 0.0917. The van der Waals surface area contributed by atoms with E-state index in [9.17, 15) is 4.79 Å². The summed E-state index contributed by atoms with van der Waals surface area (Å²) in [5.74, 6) is 0.513. The van der Waals surface area contributed by atoms with Crippen molar-refractivity contribution >= 4 is 5.91 Å². The molecule has 2 aromatic rings. The first-order valence-electron chi connectivity index (χ1n) is 7.62. The van der Waals surface area contributed by atoms with Crippen LogP contribution >= 0.6 is 0 Å². The molecule has 0 aliphatic carbocycles. The van der Waals surface area contributed by atoms with Crippen molar-refractivity contribution < 1.29 is 4.79 Å². The molecule has 0 aromatic carbocycles. The fourth-order valence-corrected chi connectivity index (χ4v) is 2.67. The Morgan fingerprint density at radius 1 is 1.36 bits per heavy atom. The largest absolute Gasteiger partial charge is 0.350 e. The van der Waals surface area contributed by atoms with Crippen molar-refractivity contribution in [2.45, 2.75) is 19.8 Å². The van der Waals surface area contributed by atoms with Crippen LogP contribution in [-0.4, -0.2) is 40.3 Å². The second-order valence-corrected chi connectivity index (χ2v) is 6.07. The molecule has 1 aliphatic heterocycles. The van der Waals surface area contributed by atoms with Gasteiger partial charge in [-0.05, 0) is 49.5 Å². The number of carbonyl (C=O) groups is 1. The molecule has 1 amide bonds. The van der Waals surface area contributed by atoms with Gasteiger partial charge in [0.15, 0.2) is 5.82 Å². The van der Waals surface area contributed by atoms with Crippen LogP contribution in [0.15, 0.2) is 36.7 Å². The minimum atomic E-state index is -0.131. The van der Waals surface area contributed by atoms with Crippen molar-refractivity contribution in [1.82, 2.24) is 25.4 Å². The van der Waals surface area contributed by atoms with Crippen molar-refractivity contribution in [2.75, 3.05) is 19.6 Å². The van der Waals surface area contributed by atoms with E-state index in [-0.39, 0.29) is 11.3 Å². The predicted molar refractivity (Wildman–Crippen MR) is 83.9 cm³/mol. The summed E-state index contributed by atoms with van der Waals surface area (Å²) in [6, 6.07) is 7.21. The Morgan fingerprint density at radius 2 is 2.18 bits per heavy atom. The van der Waals surface area contributed by atoms with Gasteiger partial charge in [0.2, 0.25) is 0 Å². The molecule has 1 saturated heterocycles. The van der Waals surface area contributed by atoms with E-state index < -0.39 is 0 Å². The van der Waals surface area contributed by atoms with Crippen molar-refractivity contribution in [3.63, 3.8) is 0 Å². The third-order valence-corrected chi connectivity index (χ3v) is 4.19. The molecule has 6 heteroatoms. The van der Waals surface area contributed by atoms with Crippen molar-refractivity contribution in [3.8, 4) is 5.82 Å². The van der Waals surface area contributed by atoms with E-state index >= 15 is 0 Å². The average Bonchev–Trinajstić information content (AvgIpc) is 3.08. The molecule has 6 nitrogen and oxygen atoms in total. The second kappa shape index (κ2) is 6.27. The van der Waals surface area contributed by atoms with Gasteiger partial charge in [0.1, 0.15) is 5.69 Å². The van der Waals surface area contributed by atoms with Crippen molar-refractivity contribution in [2.24, 2.45) is 5.41 Å². The van der Waals surface area contributed by atoms with Gasteiger partial charge >= 0.3 is 0 Å². The number of rotatable bonds is 4. The predicted octanol–water partition coefficient (Wildman–Crippen LogP) is 1.39. The van der Waals surface area contributed by atoms with Crippen LogP contribution in [0.25, 0.3) is 5.82 Å². The lowest BCUT2D eigenvalue weighted by Crippen LogP contribution is -2.43. The molecule has 3 heterocycles. The number of hydrogen-bond acceptors (Lipinski definition) is 4. The van der Waals surface area contributed by atoms with E-state index in [4.69, 9.17) is 0 Å². The van der Waals surface area contributed by atoms with Gasteiger partial charge in [0.25, 0.3) is 5.91 Å². The molecule has 0 bridgehead atoms. The zero-order chi connectivity index (χ0) is 15.4. The number of nitrogens with zero attached hydrogens (tertiary/aromatic N) is 3. The molecule has 1 aliphatic rings. The normalized spacial score (nSPS) is 17.1. The van der Waals surface area contributed by atoms with Gasteiger partial charge in [0.05, 0.1) is 0 Å². The number of pyridine rings is 1. The van der Waals surface area contributed by atoms with E-state index in [0.717, 1.165) is 25.9 Å². The highest BCUT2D eigenvalue weighted by atomic mass is 16.1. The lowest BCUT2D eigenvalue weighted by atomic mass is 9.81. The number of carbonyl (C=O) groups excluding carboxylic acids is 1. The van der Waals surface area contributed by atoms with Crippen LogP contribution in [0.5, 0.6) is 0 Å². The molecular weight excluding hydrogens is 278 g/mol. The molecule has 0 atom stereocenters. The number of piperidine rings is 1. The van der Waals surface area contributed by atoms with Crippen molar-refractivity contribution in [3.05, 3.63) is 42.4 Å². The first-order valence-corrected chi connectivity index (χ1v) is 7.62. The Bertz CT molecular complexity index is 632. The summed E-state index contributed by atoms with van der Waals surface area (Å²) < 4.78 is 1.64. The molecule has 0 spiro atoms. The summed E-state index contributed by atoms with van der Waals surface area (Å²) in [5, 5.41) is 10.5. The zero-order valence-electron chi connectivity index (χ0n) is 12.7. The van der Waals surface area contributed by atoms with Gasteiger partial charge in [-0.15, -0.1) is 0 Å². The van der Waals surface area contributed by atoms with Crippen LogP contribution in [0.2, 0.25) is 0 Å². The van der Waals surface area contributed by atoms with Crippen LogP contribution in [0.1, 0.15) is 30.3 Å². The first kappa shape index (κ1) is 14.7. The van der Waals surface area contributed by atoms with Gasteiger partial charge < -0.3 is 10.6 Å². The van der Waals surface area contributed by atoms with E-state index in [2.05, 4.69) is 27.6 Å². The fraction of sp³-hybridized carbons (Fsp3) is 0.438. The fourth-order valence-electron chi connectivity index (χ4n) is 2.67. The van der Waals surface area contributed by atoms with E-state index in [1.165, 1.54) is 0 Å². The highest BCUT2D eigenvalue weighted by Gasteiger charge is 2.27. The molecule has 0 saturated carbocycles. The van der Waals surface area contributed by atoms with Crippen LogP contribution in [0.4, 0.5) is 0 Å². The Morgan fingerprint density at radius 3 is 2.91 bits per heavy atom. The summed E-state index contributed by atoms with van der Waals surface area (Å²) in [7, 11) is 0. The highest BCUT2D eigenvalue weighted by Crippen LogP contribution is 2.26. The summed E-state index contributed by atoms with van der Waals surface area (Å²) >= 11 is 0. The van der Waals surface area contributed by atoms with E-state index in [1.54, 1.807) is 23.1 Å². The Labute approximate surface area is 129 Å². The van der Waals surface area contributed by atoms with Crippen LogP contribution in [0, 0.1) is 5.41 Å². The molecule has 0 radical (unpaired) electrons. The molecule has 2 aromatic heterocycles. The maximum absolute atomic E-state index is 12.3.